The third kappa shape index (κ3) is 2.09. The smallest absolute Gasteiger partial charge is 0.170 e. The van der Waals surface area contributed by atoms with E-state index in [1.165, 1.54) is 0 Å². The maximum atomic E-state index is 8.52. The van der Waals surface area contributed by atoms with E-state index in [4.69, 9.17) is 15.4 Å². The normalized spacial score (nSPS) is 11.7. The molecule has 0 bridgehead atoms. The second-order valence-corrected chi connectivity index (χ2v) is 3.95. The zero-order valence-electron chi connectivity index (χ0n) is 8.22. The van der Waals surface area contributed by atoms with Crippen molar-refractivity contribution in [3.05, 3.63) is 46.6 Å². The van der Waals surface area contributed by atoms with Crippen LogP contribution < -0.4 is 5.73 Å². The molecule has 0 spiro atoms. The van der Waals surface area contributed by atoms with Crippen LogP contribution in [0.4, 0.5) is 0 Å². The SMILES string of the molecule is NC(=NO)c1ccc(-c2ccc(Br)o2)cc1. The molecule has 1 heterocycles. The molecule has 82 valence electrons. The molecule has 0 saturated heterocycles. The number of rotatable bonds is 2. The number of hydrogen-bond acceptors (Lipinski definition) is 3. The Kier molecular flexibility index (Phi) is 2.96. The first-order chi connectivity index (χ1) is 7.70. The summed E-state index contributed by atoms with van der Waals surface area (Å²) in [6.45, 7) is 0. The first kappa shape index (κ1) is 10.8. The predicted molar refractivity (Wildman–Crippen MR) is 64.4 cm³/mol. The van der Waals surface area contributed by atoms with Crippen LogP contribution in [0.5, 0.6) is 0 Å². The second-order valence-electron chi connectivity index (χ2n) is 3.17. The van der Waals surface area contributed by atoms with Crippen molar-refractivity contribution in [2.24, 2.45) is 10.9 Å². The average Bonchev–Trinajstić information content (AvgIpc) is 2.75. The van der Waals surface area contributed by atoms with Gasteiger partial charge >= 0.3 is 0 Å². The topological polar surface area (TPSA) is 71.8 Å². The van der Waals surface area contributed by atoms with E-state index < -0.39 is 0 Å². The first-order valence-electron chi connectivity index (χ1n) is 4.54. The Morgan fingerprint density at radius 2 is 1.88 bits per heavy atom. The summed E-state index contributed by atoms with van der Waals surface area (Å²) < 4.78 is 6.09. The molecule has 0 aliphatic carbocycles. The molecule has 1 aromatic carbocycles. The van der Waals surface area contributed by atoms with Crippen LogP contribution >= 0.6 is 15.9 Å². The van der Waals surface area contributed by atoms with Crippen LogP contribution in [0.3, 0.4) is 0 Å². The quantitative estimate of drug-likeness (QED) is 0.385. The number of hydrogen-bond donors (Lipinski definition) is 2. The minimum Gasteiger partial charge on any atom is -0.449 e. The molecule has 4 nitrogen and oxygen atoms in total. The summed E-state index contributed by atoms with van der Waals surface area (Å²) >= 11 is 3.24. The first-order valence-corrected chi connectivity index (χ1v) is 5.33. The molecule has 16 heavy (non-hydrogen) atoms. The van der Waals surface area contributed by atoms with Gasteiger partial charge in [-0.3, -0.25) is 0 Å². The predicted octanol–water partition coefficient (Wildman–Crippen LogP) is 2.80. The van der Waals surface area contributed by atoms with E-state index in [2.05, 4.69) is 21.1 Å². The van der Waals surface area contributed by atoms with Gasteiger partial charge in [-0.15, -0.1) is 0 Å². The second kappa shape index (κ2) is 4.40. The molecule has 5 heteroatoms. The number of nitrogens with zero attached hydrogens (tertiary/aromatic N) is 1. The van der Waals surface area contributed by atoms with Crippen molar-refractivity contribution in [3.8, 4) is 11.3 Å². The molecule has 0 radical (unpaired) electrons. The Hall–Kier alpha value is -1.75. The molecular weight excluding hydrogens is 272 g/mol. The molecule has 0 amide bonds. The number of furan rings is 1. The van der Waals surface area contributed by atoms with Gasteiger partial charge in [-0.1, -0.05) is 29.4 Å². The molecular formula is C11H9BrN2O2. The highest BCUT2D eigenvalue weighted by atomic mass is 79.9. The third-order valence-corrected chi connectivity index (χ3v) is 2.57. The summed E-state index contributed by atoms with van der Waals surface area (Å²) in [4.78, 5) is 0. The van der Waals surface area contributed by atoms with Gasteiger partial charge in [0.05, 0.1) is 0 Å². The highest BCUT2D eigenvalue weighted by molar-refractivity contribution is 9.10. The fourth-order valence-corrected chi connectivity index (χ4v) is 1.64. The number of benzene rings is 1. The fraction of sp³-hybridized carbons (Fsp3) is 0. The lowest BCUT2D eigenvalue weighted by Crippen LogP contribution is -2.12. The van der Waals surface area contributed by atoms with Crippen LogP contribution in [0.25, 0.3) is 11.3 Å². The van der Waals surface area contributed by atoms with Gasteiger partial charge in [-0.25, -0.2) is 0 Å². The van der Waals surface area contributed by atoms with Gasteiger partial charge in [0, 0.05) is 11.1 Å². The zero-order valence-corrected chi connectivity index (χ0v) is 9.81. The molecule has 0 aliphatic heterocycles. The molecule has 0 saturated carbocycles. The van der Waals surface area contributed by atoms with Crippen LogP contribution in [0, 0.1) is 0 Å². The van der Waals surface area contributed by atoms with Gasteiger partial charge in [-0.05, 0) is 28.1 Å². The lowest BCUT2D eigenvalue weighted by atomic mass is 10.1. The maximum absolute atomic E-state index is 8.52. The highest BCUT2D eigenvalue weighted by Crippen LogP contribution is 2.24. The van der Waals surface area contributed by atoms with Crippen molar-refractivity contribution in [1.29, 1.82) is 0 Å². The summed E-state index contributed by atoms with van der Waals surface area (Å²) in [5.74, 6) is 0.852. The van der Waals surface area contributed by atoms with Crippen LogP contribution in [-0.2, 0) is 0 Å². The summed E-state index contributed by atoms with van der Waals surface area (Å²) in [5.41, 5.74) is 7.05. The van der Waals surface area contributed by atoms with Gasteiger partial charge in [0.25, 0.3) is 0 Å². The zero-order chi connectivity index (χ0) is 11.5. The van der Waals surface area contributed by atoms with E-state index >= 15 is 0 Å². The standard InChI is InChI=1S/C11H9BrN2O2/c12-10-6-5-9(16-10)7-1-3-8(4-2-7)11(13)14-15/h1-6,15H,(H2,13,14). The van der Waals surface area contributed by atoms with Crippen LogP contribution in [0.1, 0.15) is 5.56 Å². The lowest BCUT2D eigenvalue weighted by Gasteiger charge is -2.00. The van der Waals surface area contributed by atoms with E-state index in [0.29, 0.717) is 10.2 Å². The maximum Gasteiger partial charge on any atom is 0.170 e. The number of nitrogens with two attached hydrogens (primary N) is 1. The van der Waals surface area contributed by atoms with Crippen LogP contribution in [-0.4, -0.2) is 11.0 Å². The molecule has 1 aromatic heterocycles. The van der Waals surface area contributed by atoms with Crippen molar-refractivity contribution < 1.29 is 9.62 Å². The Labute approximate surface area is 100 Å². The summed E-state index contributed by atoms with van der Waals surface area (Å²) in [5, 5.41) is 11.4. The van der Waals surface area contributed by atoms with Gasteiger partial charge in [-0.2, -0.15) is 0 Å². The van der Waals surface area contributed by atoms with E-state index in [0.717, 1.165) is 11.3 Å². The highest BCUT2D eigenvalue weighted by Gasteiger charge is 2.04. The molecule has 0 atom stereocenters. The molecule has 2 rings (SSSR count). The van der Waals surface area contributed by atoms with Crippen molar-refractivity contribution in [3.63, 3.8) is 0 Å². The van der Waals surface area contributed by atoms with E-state index in [1.54, 1.807) is 12.1 Å². The average molecular weight is 281 g/mol. The largest absolute Gasteiger partial charge is 0.449 e. The van der Waals surface area contributed by atoms with Crippen molar-refractivity contribution in [2.45, 2.75) is 0 Å². The number of oxime groups is 1. The van der Waals surface area contributed by atoms with Gasteiger partial charge in [0.15, 0.2) is 10.5 Å². The molecule has 0 aliphatic rings. The minimum atomic E-state index is 0.0900. The summed E-state index contributed by atoms with van der Waals surface area (Å²) in [6, 6.07) is 10.9. The lowest BCUT2D eigenvalue weighted by molar-refractivity contribution is 0.318. The van der Waals surface area contributed by atoms with Crippen LogP contribution in [0.15, 0.2) is 50.6 Å². The molecule has 0 unspecified atom stereocenters. The van der Waals surface area contributed by atoms with Crippen LogP contribution in [0.2, 0.25) is 0 Å². The third-order valence-electron chi connectivity index (χ3n) is 2.15. The van der Waals surface area contributed by atoms with Gasteiger partial charge < -0.3 is 15.4 Å². The Balaban J connectivity index is 2.33. The van der Waals surface area contributed by atoms with Gasteiger partial charge in [0.2, 0.25) is 0 Å². The summed E-state index contributed by atoms with van der Waals surface area (Å²) in [6.07, 6.45) is 0. The Bertz CT molecular complexity index is 517. The van der Waals surface area contributed by atoms with E-state index in [9.17, 15) is 0 Å². The van der Waals surface area contributed by atoms with E-state index in [1.807, 2.05) is 24.3 Å². The van der Waals surface area contributed by atoms with Crippen molar-refractivity contribution >= 4 is 21.8 Å². The molecule has 0 fully saturated rings. The van der Waals surface area contributed by atoms with Gasteiger partial charge in [0.1, 0.15) is 5.76 Å². The van der Waals surface area contributed by atoms with Crippen molar-refractivity contribution in [2.75, 3.05) is 0 Å². The number of amidine groups is 1. The fourth-order valence-electron chi connectivity index (χ4n) is 1.33. The number of halogens is 1. The monoisotopic (exact) mass is 280 g/mol. The Morgan fingerprint density at radius 1 is 1.19 bits per heavy atom. The van der Waals surface area contributed by atoms with Crippen molar-refractivity contribution in [1.82, 2.24) is 0 Å². The minimum absolute atomic E-state index is 0.0900. The van der Waals surface area contributed by atoms with E-state index in [-0.39, 0.29) is 5.84 Å². The summed E-state index contributed by atoms with van der Waals surface area (Å²) in [7, 11) is 0. The molecule has 2 aromatic rings. The Morgan fingerprint density at radius 3 is 2.38 bits per heavy atom. The molecule has 3 N–H and O–H groups in total.